The number of nitrogens with one attached hydrogen (secondary N) is 1. The maximum atomic E-state index is 13.6. The monoisotopic (exact) mass is 711 g/mol. The average molecular weight is 712 g/mol. The van der Waals surface area contributed by atoms with E-state index >= 15 is 0 Å². The summed E-state index contributed by atoms with van der Waals surface area (Å²) in [5.74, 6) is -2.20. The van der Waals surface area contributed by atoms with Gasteiger partial charge in [0.2, 0.25) is 0 Å². The molecule has 11 heteroatoms. The Morgan fingerprint density at radius 3 is 1.94 bits per heavy atom. The van der Waals surface area contributed by atoms with E-state index in [1.165, 1.54) is 36.4 Å². The van der Waals surface area contributed by atoms with Crippen LogP contribution in [0, 0.1) is 10.1 Å². The summed E-state index contributed by atoms with van der Waals surface area (Å²) >= 11 is 0. The van der Waals surface area contributed by atoms with Crippen molar-refractivity contribution >= 4 is 17.6 Å². The molecule has 0 radical (unpaired) electrons. The number of dihydropyridines is 1. The standard InChI is InChI=1S/C41H49N3O8/c1-30-36(38(32-13-10-18-35(29-32)44(47)48)37(31(2)42-30)40(46)52-28-27-49-3)39(45)51-26-12-25-50-24-11-21-43-22-19-41(20-23-43,33-14-6-4-7-15-33)34-16-8-5-9-17-34/h4-10,13-18,29,38,42H,11-12,19-28H2,1-3H3. The summed E-state index contributed by atoms with van der Waals surface area (Å²) < 4.78 is 22.0. The molecule has 11 nitrogen and oxygen atoms in total. The van der Waals surface area contributed by atoms with Crippen LogP contribution in [0.2, 0.25) is 0 Å². The van der Waals surface area contributed by atoms with E-state index < -0.39 is 22.8 Å². The predicted molar refractivity (Wildman–Crippen MR) is 198 cm³/mol. The zero-order valence-electron chi connectivity index (χ0n) is 30.3. The summed E-state index contributed by atoms with van der Waals surface area (Å²) in [4.78, 5) is 40.5. The molecule has 0 aromatic heterocycles. The van der Waals surface area contributed by atoms with Crippen LogP contribution in [0.25, 0.3) is 0 Å². The molecular weight excluding hydrogens is 662 g/mol. The van der Waals surface area contributed by atoms with E-state index in [2.05, 4.69) is 70.9 Å². The second kappa shape index (κ2) is 18.6. The lowest BCUT2D eigenvalue weighted by Gasteiger charge is -2.43. The maximum absolute atomic E-state index is 13.6. The molecule has 52 heavy (non-hydrogen) atoms. The first-order valence-corrected chi connectivity index (χ1v) is 17.9. The number of ether oxygens (including phenoxy) is 4. The van der Waals surface area contributed by atoms with Gasteiger partial charge in [0.25, 0.3) is 5.69 Å². The summed E-state index contributed by atoms with van der Waals surface area (Å²) in [5, 5.41) is 14.7. The summed E-state index contributed by atoms with van der Waals surface area (Å²) in [5.41, 5.74) is 4.38. The number of rotatable bonds is 17. The predicted octanol–water partition coefficient (Wildman–Crippen LogP) is 6.44. The van der Waals surface area contributed by atoms with Crippen LogP contribution in [0.3, 0.4) is 0 Å². The van der Waals surface area contributed by atoms with Gasteiger partial charge in [-0.15, -0.1) is 0 Å². The lowest BCUT2D eigenvalue weighted by Crippen LogP contribution is -2.43. The summed E-state index contributed by atoms with van der Waals surface area (Å²) in [7, 11) is 1.50. The van der Waals surface area contributed by atoms with E-state index in [0.717, 1.165) is 38.9 Å². The fourth-order valence-electron chi connectivity index (χ4n) is 7.29. The molecule has 2 aliphatic heterocycles. The number of nitrogens with zero attached hydrogens (tertiary/aromatic N) is 2. The minimum atomic E-state index is -0.930. The molecule has 1 N–H and O–H groups in total. The molecule has 1 atom stereocenters. The molecule has 2 heterocycles. The second-order valence-electron chi connectivity index (χ2n) is 13.2. The Balaban J connectivity index is 1.10. The largest absolute Gasteiger partial charge is 0.462 e. The number of carbonyl (C=O) groups excluding carboxylic acids is 2. The molecule has 0 aliphatic carbocycles. The molecule has 276 valence electrons. The van der Waals surface area contributed by atoms with Crippen LogP contribution in [-0.2, 0) is 34.0 Å². The molecule has 0 spiro atoms. The van der Waals surface area contributed by atoms with Crippen molar-refractivity contribution in [2.24, 2.45) is 0 Å². The molecule has 1 fully saturated rings. The van der Waals surface area contributed by atoms with Gasteiger partial charge in [-0.25, -0.2) is 9.59 Å². The van der Waals surface area contributed by atoms with Crippen molar-refractivity contribution in [2.75, 3.05) is 59.8 Å². The van der Waals surface area contributed by atoms with Crippen molar-refractivity contribution in [1.82, 2.24) is 10.2 Å². The van der Waals surface area contributed by atoms with Gasteiger partial charge >= 0.3 is 11.9 Å². The smallest absolute Gasteiger partial charge is 0.336 e. The van der Waals surface area contributed by atoms with E-state index in [1.807, 2.05) is 0 Å². The number of methoxy groups -OCH3 is 1. The van der Waals surface area contributed by atoms with Crippen LogP contribution in [0.15, 0.2) is 107 Å². The van der Waals surface area contributed by atoms with Crippen LogP contribution in [-0.4, -0.2) is 81.5 Å². The zero-order chi connectivity index (χ0) is 36.9. The number of hydrogen-bond donors (Lipinski definition) is 1. The van der Waals surface area contributed by atoms with Gasteiger partial charge in [0.05, 0.1) is 35.2 Å². The molecular formula is C41H49N3O8. The van der Waals surface area contributed by atoms with Crippen molar-refractivity contribution in [1.29, 1.82) is 0 Å². The minimum Gasteiger partial charge on any atom is -0.462 e. The van der Waals surface area contributed by atoms with Gasteiger partial charge in [0, 0.05) is 62.2 Å². The number of allylic oxidation sites excluding steroid dienone is 2. The van der Waals surface area contributed by atoms with Gasteiger partial charge in [-0.3, -0.25) is 10.1 Å². The lowest BCUT2D eigenvalue weighted by molar-refractivity contribution is -0.384. The van der Waals surface area contributed by atoms with Crippen molar-refractivity contribution in [3.8, 4) is 0 Å². The summed E-state index contributed by atoms with van der Waals surface area (Å²) in [6, 6.07) is 27.6. The highest BCUT2D eigenvalue weighted by molar-refractivity contribution is 6.00. The molecule has 3 aromatic carbocycles. The topological polar surface area (TPSA) is 129 Å². The van der Waals surface area contributed by atoms with Crippen LogP contribution in [0.1, 0.15) is 62.1 Å². The Labute approximate surface area is 305 Å². The molecule has 2 aliphatic rings. The number of esters is 2. The first-order valence-electron chi connectivity index (χ1n) is 17.9. The summed E-state index contributed by atoms with van der Waals surface area (Å²) in [6.07, 6.45) is 3.52. The highest BCUT2D eigenvalue weighted by Gasteiger charge is 2.39. The summed E-state index contributed by atoms with van der Waals surface area (Å²) in [6.45, 7) is 7.76. The van der Waals surface area contributed by atoms with E-state index in [4.69, 9.17) is 18.9 Å². The molecule has 5 rings (SSSR count). The van der Waals surface area contributed by atoms with Crippen molar-refractivity contribution < 1.29 is 33.5 Å². The number of carbonyl (C=O) groups is 2. The molecule has 1 saturated heterocycles. The average Bonchev–Trinajstić information content (AvgIpc) is 3.16. The van der Waals surface area contributed by atoms with Gasteiger partial charge in [-0.1, -0.05) is 72.8 Å². The van der Waals surface area contributed by atoms with Gasteiger partial charge in [0.1, 0.15) is 6.61 Å². The highest BCUT2D eigenvalue weighted by atomic mass is 16.6. The van der Waals surface area contributed by atoms with Gasteiger partial charge < -0.3 is 29.2 Å². The zero-order valence-corrected chi connectivity index (χ0v) is 30.3. The quantitative estimate of drug-likeness (QED) is 0.0723. The number of likely N-dealkylation sites (tertiary alicyclic amines) is 1. The first kappa shape index (κ1) is 38.4. The minimum absolute atomic E-state index is 0.0114. The first-order chi connectivity index (χ1) is 25.2. The number of non-ortho nitro benzene ring substituents is 1. The molecule has 0 bridgehead atoms. The molecule has 1 unspecified atom stereocenters. The third-order valence-corrected chi connectivity index (χ3v) is 9.93. The van der Waals surface area contributed by atoms with Crippen LogP contribution < -0.4 is 5.32 Å². The number of hydrogen-bond acceptors (Lipinski definition) is 10. The number of nitro benzene ring substituents is 1. The maximum Gasteiger partial charge on any atom is 0.336 e. The van der Waals surface area contributed by atoms with Crippen LogP contribution in [0.5, 0.6) is 0 Å². The van der Waals surface area contributed by atoms with E-state index in [1.54, 1.807) is 19.9 Å². The SMILES string of the molecule is COCCOC(=O)C1=C(C)NC(C)=C(C(=O)OCCCOCCCN2CCC(c3ccccc3)(c3ccccc3)CC2)C1c1cccc([N+](=O)[O-])c1. The van der Waals surface area contributed by atoms with Crippen LogP contribution >= 0.6 is 0 Å². The Hall–Kier alpha value is -4.84. The Morgan fingerprint density at radius 1 is 0.788 bits per heavy atom. The van der Waals surface area contributed by atoms with Crippen molar-refractivity contribution in [3.63, 3.8) is 0 Å². The highest BCUT2D eigenvalue weighted by Crippen LogP contribution is 2.42. The molecule has 3 aromatic rings. The van der Waals surface area contributed by atoms with E-state index in [0.29, 0.717) is 36.6 Å². The number of nitro groups is 1. The van der Waals surface area contributed by atoms with Gasteiger partial charge in [-0.05, 0) is 62.9 Å². The van der Waals surface area contributed by atoms with Crippen molar-refractivity contribution in [3.05, 3.63) is 134 Å². The van der Waals surface area contributed by atoms with Crippen LogP contribution in [0.4, 0.5) is 5.69 Å². The van der Waals surface area contributed by atoms with Gasteiger partial charge in [-0.2, -0.15) is 0 Å². The molecule has 0 amide bonds. The third-order valence-electron chi connectivity index (χ3n) is 9.93. The van der Waals surface area contributed by atoms with Gasteiger partial charge in [0.15, 0.2) is 0 Å². The van der Waals surface area contributed by atoms with E-state index in [-0.39, 0.29) is 42.1 Å². The van der Waals surface area contributed by atoms with E-state index in [9.17, 15) is 19.7 Å². The molecule has 0 saturated carbocycles. The Morgan fingerprint density at radius 2 is 1.37 bits per heavy atom. The Bertz CT molecular complexity index is 1690. The lowest BCUT2D eigenvalue weighted by atomic mass is 9.68. The number of benzene rings is 3. The number of piperidine rings is 1. The fraction of sp³-hybridized carbons (Fsp3) is 0.415. The second-order valence-corrected chi connectivity index (χ2v) is 13.2. The van der Waals surface area contributed by atoms with Crippen molar-refractivity contribution in [2.45, 2.75) is 50.9 Å². The third kappa shape index (κ3) is 9.33. The normalized spacial score (nSPS) is 17.4. The fourth-order valence-corrected chi connectivity index (χ4v) is 7.29. The Kier molecular flexibility index (Phi) is 13.7.